The number of benzene rings is 1. The number of ether oxygens (including phenoxy) is 1. The van der Waals surface area contributed by atoms with Crippen LogP contribution >= 0.6 is 12.4 Å². The molecule has 0 bridgehead atoms. The Balaban J connectivity index is 0.00000280. The molecule has 1 unspecified atom stereocenters. The number of methoxy groups -OCH3 is 1. The van der Waals surface area contributed by atoms with Crippen molar-refractivity contribution >= 4 is 28.3 Å². The van der Waals surface area contributed by atoms with Crippen LogP contribution in [0.4, 0.5) is 0 Å². The molecule has 2 saturated heterocycles. The predicted molar refractivity (Wildman–Crippen MR) is 111 cm³/mol. The van der Waals surface area contributed by atoms with Crippen LogP contribution in [0, 0.1) is 0 Å². The summed E-state index contributed by atoms with van der Waals surface area (Å²) in [5.41, 5.74) is 0.387. The van der Waals surface area contributed by atoms with E-state index in [2.05, 4.69) is 5.32 Å². The predicted octanol–water partition coefficient (Wildman–Crippen LogP) is 2.12. The highest BCUT2D eigenvalue weighted by atomic mass is 35.5. The summed E-state index contributed by atoms with van der Waals surface area (Å²) in [5.74, 6) is 0.141. The zero-order valence-electron chi connectivity index (χ0n) is 16.5. The van der Waals surface area contributed by atoms with Gasteiger partial charge in [0.2, 0.25) is 10.0 Å². The molecular formula is C19H30ClN3O4S. The van der Waals surface area contributed by atoms with Crippen LogP contribution < -0.4 is 10.1 Å². The first-order chi connectivity index (χ1) is 12.9. The zero-order valence-corrected chi connectivity index (χ0v) is 18.2. The van der Waals surface area contributed by atoms with Crippen molar-refractivity contribution in [2.45, 2.75) is 43.5 Å². The van der Waals surface area contributed by atoms with Crippen molar-refractivity contribution in [2.24, 2.45) is 0 Å². The molecule has 0 aromatic heterocycles. The van der Waals surface area contributed by atoms with Gasteiger partial charge >= 0.3 is 0 Å². The summed E-state index contributed by atoms with van der Waals surface area (Å²) in [5, 5.41) is 3.30. The topological polar surface area (TPSA) is 79.0 Å². The minimum atomic E-state index is -3.70. The average Bonchev–Trinajstić information content (AvgIpc) is 2.97. The Hall–Kier alpha value is -1.35. The summed E-state index contributed by atoms with van der Waals surface area (Å²) in [6, 6.07) is 4.94. The van der Waals surface area contributed by atoms with E-state index in [1.165, 1.54) is 17.5 Å². The highest BCUT2D eigenvalue weighted by molar-refractivity contribution is 7.89. The van der Waals surface area contributed by atoms with Gasteiger partial charge in [-0.3, -0.25) is 4.79 Å². The Morgan fingerprint density at radius 2 is 1.82 bits per heavy atom. The van der Waals surface area contributed by atoms with Gasteiger partial charge in [0.15, 0.2) is 0 Å². The van der Waals surface area contributed by atoms with Gasteiger partial charge in [-0.1, -0.05) is 12.8 Å². The second-order valence-electron chi connectivity index (χ2n) is 7.29. The molecule has 2 fully saturated rings. The Morgan fingerprint density at radius 1 is 1.14 bits per heavy atom. The number of hydrogen-bond donors (Lipinski definition) is 1. The number of sulfonamides is 1. The van der Waals surface area contributed by atoms with Gasteiger partial charge in [-0.25, -0.2) is 8.42 Å². The fraction of sp³-hybridized carbons (Fsp3) is 0.632. The van der Waals surface area contributed by atoms with E-state index in [9.17, 15) is 13.2 Å². The van der Waals surface area contributed by atoms with E-state index < -0.39 is 10.0 Å². The molecule has 1 N–H and O–H groups in total. The smallest absolute Gasteiger partial charge is 0.253 e. The first-order valence-electron chi connectivity index (χ1n) is 9.64. The lowest BCUT2D eigenvalue weighted by Crippen LogP contribution is -2.51. The van der Waals surface area contributed by atoms with Crippen molar-refractivity contribution in [1.29, 1.82) is 0 Å². The number of amides is 1. The number of nitrogens with one attached hydrogen (secondary N) is 1. The minimum absolute atomic E-state index is 0. The van der Waals surface area contributed by atoms with E-state index in [0.29, 0.717) is 31.7 Å². The van der Waals surface area contributed by atoms with E-state index in [-0.39, 0.29) is 35.0 Å². The Labute approximate surface area is 173 Å². The Morgan fingerprint density at radius 3 is 2.43 bits per heavy atom. The van der Waals surface area contributed by atoms with Gasteiger partial charge in [0.25, 0.3) is 5.91 Å². The summed E-state index contributed by atoms with van der Waals surface area (Å²) in [7, 11) is -2.25. The molecule has 1 aromatic rings. The van der Waals surface area contributed by atoms with Gasteiger partial charge in [0.1, 0.15) is 10.6 Å². The van der Waals surface area contributed by atoms with Crippen LogP contribution in [0.15, 0.2) is 23.1 Å². The van der Waals surface area contributed by atoms with Crippen molar-refractivity contribution in [3.8, 4) is 5.75 Å². The molecule has 1 amide bonds. The van der Waals surface area contributed by atoms with Gasteiger partial charge in [0.05, 0.1) is 7.11 Å². The number of halogens is 1. The number of carbonyl (C=O) groups is 1. The third-order valence-corrected chi connectivity index (χ3v) is 7.17. The largest absolute Gasteiger partial charge is 0.495 e. The number of nitrogens with zero attached hydrogens (tertiary/aromatic N) is 2. The summed E-state index contributed by atoms with van der Waals surface area (Å²) in [6.07, 6.45) is 3.81. The van der Waals surface area contributed by atoms with Crippen LogP contribution in [0.1, 0.15) is 43.0 Å². The molecule has 0 radical (unpaired) electrons. The van der Waals surface area contributed by atoms with E-state index in [1.54, 1.807) is 17.0 Å². The van der Waals surface area contributed by atoms with Crippen molar-refractivity contribution in [1.82, 2.24) is 14.5 Å². The van der Waals surface area contributed by atoms with E-state index in [4.69, 9.17) is 4.74 Å². The first kappa shape index (κ1) is 22.9. The molecule has 158 valence electrons. The lowest BCUT2D eigenvalue weighted by atomic mass is 10.1. The van der Waals surface area contributed by atoms with Crippen molar-refractivity contribution in [3.05, 3.63) is 23.8 Å². The van der Waals surface area contributed by atoms with Gasteiger partial charge < -0.3 is 15.0 Å². The highest BCUT2D eigenvalue weighted by Crippen LogP contribution is 2.30. The summed E-state index contributed by atoms with van der Waals surface area (Å²) >= 11 is 0. The van der Waals surface area contributed by atoms with Crippen LogP contribution in [-0.2, 0) is 10.0 Å². The third kappa shape index (κ3) is 4.97. The van der Waals surface area contributed by atoms with E-state index >= 15 is 0 Å². The quantitative estimate of drug-likeness (QED) is 0.789. The lowest BCUT2D eigenvalue weighted by molar-refractivity contribution is 0.0709. The van der Waals surface area contributed by atoms with Crippen LogP contribution in [0.2, 0.25) is 0 Å². The minimum Gasteiger partial charge on any atom is -0.495 e. The standard InChI is InChI=1S/C19H29N3O4S.ClH/c1-15-14-21(12-9-20-15)19(23)16-7-8-17(26-2)18(13-16)27(24,25)22-10-5-3-4-6-11-22;/h7-8,13,15,20H,3-6,9-12,14H2,1-2H3;1H. The van der Waals surface area contributed by atoms with Crippen molar-refractivity contribution in [3.63, 3.8) is 0 Å². The number of hydrogen-bond acceptors (Lipinski definition) is 5. The average molecular weight is 432 g/mol. The lowest BCUT2D eigenvalue weighted by Gasteiger charge is -2.32. The van der Waals surface area contributed by atoms with E-state index in [0.717, 1.165) is 32.2 Å². The molecule has 1 aromatic carbocycles. The van der Waals surface area contributed by atoms with Crippen LogP contribution in [-0.4, -0.2) is 69.4 Å². The molecule has 2 aliphatic heterocycles. The van der Waals surface area contributed by atoms with Gasteiger partial charge in [-0.05, 0) is 38.0 Å². The van der Waals surface area contributed by atoms with Gasteiger partial charge in [-0.2, -0.15) is 4.31 Å². The van der Waals surface area contributed by atoms with Crippen molar-refractivity contribution < 1.29 is 17.9 Å². The summed E-state index contributed by atoms with van der Waals surface area (Å²) in [6.45, 7) is 5.02. The molecule has 1 atom stereocenters. The SMILES string of the molecule is COc1ccc(C(=O)N2CCNC(C)C2)cc1S(=O)(=O)N1CCCCCC1.Cl. The maximum Gasteiger partial charge on any atom is 0.253 e. The fourth-order valence-corrected chi connectivity index (χ4v) is 5.43. The molecule has 28 heavy (non-hydrogen) atoms. The monoisotopic (exact) mass is 431 g/mol. The van der Waals surface area contributed by atoms with Crippen LogP contribution in [0.25, 0.3) is 0 Å². The summed E-state index contributed by atoms with van der Waals surface area (Å²) < 4.78 is 33.3. The fourth-order valence-electron chi connectivity index (χ4n) is 3.73. The summed E-state index contributed by atoms with van der Waals surface area (Å²) in [4.78, 5) is 14.8. The first-order valence-corrected chi connectivity index (χ1v) is 11.1. The molecule has 9 heteroatoms. The molecule has 0 spiro atoms. The second-order valence-corrected chi connectivity index (χ2v) is 9.20. The molecule has 2 heterocycles. The molecular weight excluding hydrogens is 402 g/mol. The highest BCUT2D eigenvalue weighted by Gasteiger charge is 2.30. The van der Waals surface area contributed by atoms with Crippen molar-refractivity contribution in [2.75, 3.05) is 39.8 Å². The number of piperazine rings is 1. The molecule has 3 rings (SSSR count). The van der Waals surface area contributed by atoms with Crippen LogP contribution in [0.3, 0.4) is 0 Å². The maximum atomic E-state index is 13.2. The maximum absolute atomic E-state index is 13.2. The third-order valence-electron chi connectivity index (χ3n) is 5.25. The Bertz CT molecular complexity index is 779. The van der Waals surface area contributed by atoms with Crippen LogP contribution in [0.5, 0.6) is 5.75 Å². The number of carbonyl (C=O) groups excluding carboxylic acids is 1. The number of rotatable bonds is 4. The normalized spacial score (nSPS) is 21.5. The Kier molecular flexibility index (Phi) is 8.12. The van der Waals surface area contributed by atoms with Gasteiger partial charge in [0, 0.05) is 44.3 Å². The second kappa shape index (κ2) is 9.91. The molecule has 7 nitrogen and oxygen atoms in total. The van der Waals surface area contributed by atoms with Gasteiger partial charge in [-0.15, -0.1) is 12.4 Å². The zero-order chi connectivity index (χ0) is 19.4. The van der Waals surface area contributed by atoms with E-state index in [1.807, 2.05) is 6.92 Å². The molecule has 0 aliphatic carbocycles. The molecule has 2 aliphatic rings. The molecule has 0 saturated carbocycles.